The van der Waals surface area contributed by atoms with Crippen LogP contribution in [0.5, 0.6) is 0 Å². The summed E-state index contributed by atoms with van der Waals surface area (Å²) in [4.78, 5) is 22.4. The first-order valence-electron chi connectivity index (χ1n) is 5.48. The fourth-order valence-electron chi connectivity index (χ4n) is 1.79. The Morgan fingerprint density at radius 3 is 2.94 bits per heavy atom. The Bertz CT molecular complexity index is 471. The van der Waals surface area contributed by atoms with Crippen molar-refractivity contribution in [1.82, 2.24) is 5.32 Å². The van der Waals surface area contributed by atoms with E-state index in [9.17, 15) is 9.59 Å². The lowest BCUT2D eigenvalue weighted by Crippen LogP contribution is -2.38. The van der Waals surface area contributed by atoms with Crippen LogP contribution in [0, 0.1) is 0 Å². The van der Waals surface area contributed by atoms with Gasteiger partial charge in [0.2, 0.25) is 0 Å². The van der Waals surface area contributed by atoms with Gasteiger partial charge in [0.1, 0.15) is 6.04 Å². The fraction of sp³-hybridized carbons (Fsp3) is 0.333. The first kappa shape index (κ1) is 11.4. The molecule has 17 heavy (non-hydrogen) atoms. The topological polar surface area (TPSA) is 78.4 Å². The molecule has 1 aliphatic rings. The highest BCUT2D eigenvalue weighted by molar-refractivity contribution is 5.97. The van der Waals surface area contributed by atoms with Crippen LogP contribution in [-0.4, -0.2) is 29.6 Å². The number of anilines is 1. The molecule has 5 nitrogen and oxygen atoms in total. The summed E-state index contributed by atoms with van der Waals surface area (Å²) in [6.07, 6.45) is 0.894. The Morgan fingerprint density at radius 1 is 1.47 bits per heavy atom. The number of hydrogen-bond acceptors (Lipinski definition) is 3. The number of fused-ring (bicyclic) bond motifs is 1. The number of carboxylic acids is 1. The highest BCUT2D eigenvalue weighted by atomic mass is 16.4. The second-order valence-electron chi connectivity index (χ2n) is 4.08. The Kier molecular flexibility index (Phi) is 2.99. The normalized spacial score (nSPS) is 14.6. The maximum absolute atomic E-state index is 11.8. The van der Waals surface area contributed by atoms with E-state index < -0.39 is 12.0 Å². The van der Waals surface area contributed by atoms with E-state index >= 15 is 0 Å². The average Bonchev–Trinajstić information content (AvgIpc) is 2.75. The molecule has 5 heteroatoms. The molecule has 0 aliphatic carbocycles. The van der Waals surface area contributed by atoms with Gasteiger partial charge in [-0.15, -0.1) is 0 Å². The zero-order valence-corrected chi connectivity index (χ0v) is 9.49. The molecule has 0 aromatic heterocycles. The molecular weight excluding hydrogens is 220 g/mol. The van der Waals surface area contributed by atoms with E-state index in [1.165, 1.54) is 6.92 Å². The number of aliphatic carboxylic acids is 1. The first-order valence-corrected chi connectivity index (χ1v) is 5.48. The van der Waals surface area contributed by atoms with Crippen molar-refractivity contribution in [2.75, 3.05) is 11.9 Å². The minimum Gasteiger partial charge on any atom is -0.480 e. The number of carbonyl (C=O) groups excluding carboxylic acids is 1. The molecule has 1 atom stereocenters. The maximum atomic E-state index is 11.8. The summed E-state index contributed by atoms with van der Waals surface area (Å²) < 4.78 is 0. The van der Waals surface area contributed by atoms with Gasteiger partial charge in [-0.05, 0) is 37.1 Å². The van der Waals surface area contributed by atoms with Crippen LogP contribution in [-0.2, 0) is 11.2 Å². The van der Waals surface area contributed by atoms with Crippen molar-refractivity contribution in [3.8, 4) is 0 Å². The molecule has 0 spiro atoms. The molecule has 0 saturated heterocycles. The van der Waals surface area contributed by atoms with E-state index in [-0.39, 0.29) is 5.91 Å². The molecule has 2 rings (SSSR count). The third kappa shape index (κ3) is 2.38. The zero-order chi connectivity index (χ0) is 12.4. The number of carboxylic acid groups (broad SMARTS) is 1. The molecule has 0 unspecified atom stereocenters. The smallest absolute Gasteiger partial charge is 0.325 e. The van der Waals surface area contributed by atoms with Crippen molar-refractivity contribution in [1.29, 1.82) is 0 Å². The fourth-order valence-corrected chi connectivity index (χ4v) is 1.79. The Balaban J connectivity index is 2.12. The number of amides is 1. The maximum Gasteiger partial charge on any atom is 0.325 e. The monoisotopic (exact) mass is 234 g/mol. The molecule has 0 bridgehead atoms. The summed E-state index contributed by atoms with van der Waals surface area (Å²) in [5, 5.41) is 14.3. The van der Waals surface area contributed by atoms with Gasteiger partial charge in [-0.25, -0.2) is 0 Å². The average molecular weight is 234 g/mol. The summed E-state index contributed by atoms with van der Waals surface area (Å²) in [7, 11) is 0. The lowest BCUT2D eigenvalue weighted by molar-refractivity contribution is -0.138. The second kappa shape index (κ2) is 4.45. The van der Waals surface area contributed by atoms with E-state index in [1.807, 2.05) is 6.07 Å². The van der Waals surface area contributed by atoms with E-state index in [4.69, 9.17) is 5.11 Å². The van der Waals surface area contributed by atoms with Crippen LogP contribution in [0.1, 0.15) is 22.8 Å². The Hall–Kier alpha value is -2.04. The van der Waals surface area contributed by atoms with Crippen LogP contribution in [0.15, 0.2) is 18.2 Å². The van der Waals surface area contributed by atoms with Crippen molar-refractivity contribution >= 4 is 17.6 Å². The standard InChI is InChI=1S/C12H14N2O3/c1-7(12(16)17)14-11(15)9-2-3-10-8(6-9)4-5-13-10/h2-3,6-7,13H,4-5H2,1H3,(H,14,15)(H,16,17)/t7-/m1/s1. The SMILES string of the molecule is C[C@@H](NC(=O)c1ccc2c(c1)CCN2)C(=O)O. The molecule has 3 N–H and O–H groups in total. The third-order valence-corrected chi connectivity index (χ3v) is 2.80. The summed E-state index contributed by atoms with van der Waals surface area (Å²) in [5.41, 5.74) is 2.65. The van der Waals surface area contributed by atoms with E-state index in [0.717, 1.165) is 24.2 Å². The van der Waals surface area contributed by atoms with Gasteiger partial charge >= 0.3 is 5.97 Å². The van der Waals surface area contributed by atoms with Crippen molar-refractivity contribution in [3.05, 3.63) is 29.3 Å². The minimum absolute atomic E-state index is 0.352. The van der Waals surface area contributed by atoms with Crippen LogP contribution < -0.4 is 10.6 Å². The Morgan fingerprint density at radius 2 is 2.24 bits per heavy atom. The van der Waals surface area contributed by atoms with Gasteiger partial charge in [0, 0.05) is 17.8 Å². The van der Waals surface area contributed by atoms with E-state index in [2.05, 4.69) is 10.6 Å². The highest BCUT2D eigenvalue weighted by Crippen LogP contribution is 2.22. The van der Waals surface area contributed by atoms with Gasteiger partial charge in [0.25, 0.3) is 5.91 Å². The molecule has 1 heterocycles. The molecule has 1 aromatic rings. The number of benzene rings is 1. The summed E-state index contributed by atoms with van der Waals surface area (Å²) in [6.45, 7) is 2.32. The number of nitrogens with one attached hydrogen (secondary N) is 2. The highest BCUT2D eigenvalue weighted by Gasteiger charge is 2.17. The van der Waals surface area contributed by atoms with Crippen LogP contribution in [0.2, 0.25) is 0 Å². The van der Waals surface area contributed by atoms with Gasteiger partial charge in [-0.2, -0.15) is 0 Å². The lowest BCUT2D eigenvalue weighted by Gasteiger charge is -2.10. The number of rotatable bonds is 3. The first-order chi connectivity index (χ1) is 8.08. The summed E-state index contributed by atoms with van der Waals surface area (Å²) >= 11 is 0. The predicted molar refractivity (Wildman–Crippen MR) is 63.2 cm³/mol. The van der Waals surface area contributed by atoms with Crippen molar-refractivity contribution in [2.24, 2.45) is 0 Å². The van der Waals surface area contributed by atoms with Gasteiger partial charge in [0.15, 0.2) is 0 Å². The van der Waals surface area contributed by atoms with Crippen LogP contribution in [0.3, 0.4) is 0 Å². The van der Waals surface area contributed by atoms with Crippen molar-refractivity contribution < 1.29 is 14.7 Å². The molecule has 1 aromatic carbocycles. The summed E-state index contributed by atoms with van der Waals surface area (Å²) in [5.74, 6) is -1.39. The van der Waals surface area contributed by atoms with Crippen LogP contribution in [0.4, 0.5) is 5.69 Å². The Labute approximate surface area is 98.8 Å². The van der Waals surface area contributed by atoms with Crippen molar-refractivity contribution in [3.63, 3.8) is 0 Å². The zero-order valence-electron chi connectivity index (χ0n) is 9.49. The lowest BCUT2D eigenvalue weighted by atomic mass is 10.1. The van der Waals surface area contributed by atoms with Crippen LogP contribution in [0.25, 0.3) is 0 Å². The van der Waals surface area contributed by atoms with Crippen LogP contribution >= 0.6 is 0 Å². The number of carbonyl (C=O) groups is 2. The minimum atomic E-state index is -1.04. The molecule has 0 radical (unpaired) electrons. The molecule has 1 amide bonds. The van der Waals surface area contributed by atoms with Gasteiger partial charge < -0.3 is 15.7 Å². The largest absolute Gasteiger partial charge is 0.480 e. The van der Waals surface area contributed by atoms with E-state index in [1.54, 1.807) is 12.1 Å². The van der Waals surface area contributed by atoms with Crippen molar-refractivity contribution in [2.45, 2.75) is 19.4 Å². The third-order valence-electron chi connectivity index (χ3n) is 2.80. The molecular formula is C12H14N2O3. The summed E-state index contributed by atoms with van der Waals surface area (Å²) in [6, 6.07) is 4.47. The van der Waals surface area contributed by atoms with Gasteiger partial charge in [-0.1, -0.05) is 0 Å². The quantitative estimate of drug-likeness (QED) is 0.724. The van der Waals surface area contributed by atoms with Gasteiger partial charge in [0.05, 0.1) is 0 Å². The predicted octanol–water partition coefficient (Wildman–Crippen LogP) is 0.858. The second-order valence-corrected chi connectivity index (χ2v) is 4.08. The number of hydrogen-bond donors (Lipinski definition) is 3. The molecule has 1 aliphatic heterocycles. The molecule has 0 fully saturated rings. The van der Waals surface area contributed by atoms with Gasteiger partial charge in [-0.3, -0.25) is 9.59 Å². The molecule has 90 valence electrons. The van der Waals surface area contributed by atoms with E-state index in [0.29, 0.717) is 5.56 Å². The molecule has 0 saturated carbocycles.